The van der Waals surface area contributed by atoms with E-state index in [1.807, 2.05) is 42.5 Å². The van der Waals surface area contributed by atoms with Crippen LogP contribution in [0.3, 0.4) is 0 Å². The number of carbonyl (C=O) groups is 1. The number of rotatable bonds is 2. The van der Waals surface area contributed by atoms with Crippen molar-refractivity contribution < 1.29 is 13.5 Å². The molecule has 1 unspecified atom stereocenters. The number of ether oxygens (including phenoxy) is 1. The van der Waals surface area contributed by atoms with Crippen LogP contribution < -0.4 is 4.90 Å². The number of nitrogens with zero attached hydrogens (tertiary/aromatic N) is 4. The van der Waals surface area contributed by atoms with Gasteiger partial charge < -0.3 is 4.74 Å². The minimum absolute atomic E-state index is 0.192. The molecule has 2 aromatic carbocycles. The van der Waals surface area contributed by atoms with Gasteiger partial charge in [0, 0.05) is 16.1 Å². The number of benzene rings is 2. The first kappa shape index (κ1) is 19.2. The van der Waals surface area contributed by atoms with E-state index in [4.69, 9.17) is 33.8 Å². The lowest BCUT2D eigenvalue weighted by Crippen LogP contribution is -2.35. The Balaban J connectivity index is 1.58. The molecule has 1 amide bonds. The maximum absolute atomic E-state index is 13.3. The third kappa shape index (κ3) is 3.49. The molecule has 0 spiro atoms. The molecule has 0 radical (unpaired) electrons. The molecule has 0 bridgehead atoms. The van der Waals surface area contributed by atoms with Gasteiger partial charge >= 0.3 is 0 Å². The number of hydrogen-bond donors (Lipinski definition) is 0. The van der Waals surface area contributed by atoms with Crippen molar-refractivity contribution in [3.05, 3.63) is 76.5 Å². The minimum Gasteiger partial charge on any atom is -0.361 e. The fraction of sp³-hybridized carbons (Fsp3) is 0.227. The molecule has 0 aromatic heterocycles. The molecule has 3 aliphatic heterocycles. The number of amidine groups is 1. The summed E-state index contributed by atoms with van der Waals surface area (Å²) in [6, 6.07) is 15.3. The Morgan fingerprint density at radius 1 is 1.23 bits per heavy atom. The lowest BCUT2D eigenvalue weighted by atomic mass is 10.00. The molecule has 1 atom stereocenters. The molecule has 30 heavy (non-hydrogen) atoms. The van der Waals surface area contributed by atoms with E-state index >= 15 is 0 Å². The molecule has 0 N–H and O–H groups in total. The molecule has 0 aliphatic carbocycles. The van der Waals surface area contributed by atoms with Gasteiger partial charge in [0.2, 0.25) is 0 Å². The summed E-state index contributed by atoms with van der Waals surface area (Å²) in [6.07, 6.45) is 1.51. The number of fused-ring (bicyclic) bond motifs is 3. The lowest BCUT2D eigenvalue weighted by molar-refractivity contribution is -0.528. The number of aliphatic imine (C=N–C) groups is 2. The van der Waals surface area contributed by atoms with Crippen LogP contribution in [0.4, 0.5) is 5.69 Å². The van der Waals surface area contributed by atoms with Crippen LogP contribution >= 0.6 is 11.6 Å². The van der Waals surface area contributed by atoms with Crippen LogP contribution in [0, 0.1) is 0 Å². The number of carbonyl (C=O) groups excluding carboxylic acids is 1. The van der Waals surface area contributed by atoms with Crippen molar-refractivity contribution >= 4 is 47.2 Å². The van der Waals surface area contributed by atoms with Gasteiger partial charge in [-0.1, -0.05) is 41.9 Å². The van der Waals surface area contributed by atoms with Crippen molar-refractivity contribution in [3.63, 3.8) is 0 Å². The number of halogens is 1. The molecule has 3 aliphatic rings. The van der Waals surface area contributed by atoms with E-state index in [2.05, 4.69) is 4.99 Å². The predicted octanol–water partition coefficient (Wildman–Crippen LogP) is 2.96. The first-order valence-electron chi connectivity index (χ1n) is 9.67. The zero-order chi connectivity index (χ0) is 20.7. The SMILES string of the molecule is O=C1/C(=C\C2C[N+](=S)CCO2)N=C2CN=C(c3ccccc3)c3cc(Cl)ccc3N12. The smallest absolute Gasteiger partial charge is 0.282 e. The van der Waals surface area contributed by atoms with E-state index < -0.39 is 0 Å². The highest BCUT2D eigenvalue weighted by Crippen LogP contribution is 2.33. The average molecular weight is 438 g/mol. The third-order valence-electron chi connectivity index (χ3n) is 5.21. The monoisotopic (exact) mass is 437 g/mol. The number of amides is 1. The molecular weight excluding hydrogens is 420 g/mol. The second kappa shape index (κ2) is 7.83. The summed E-state index contributed by atoms with van der Waals surface area (Å²) < 4.78 is 7.49. The van der Waals surface area contributed by atoms with Gasteiger partial charge in [0.1, 0.15) is 24.2 Å². The fourth-order valence-electron chi connectivity index (χ4n) is 3.83. The Labute approximate surface area is 184 Å². The van der Waals surface area contributed by atoms with Crippen LogP contribution in [0.15, 0.2) is 70.3 Å². The Morgan fingerprint density at radius 2 is 2.07 bits per heavy atom. The van der Waals surface area contributed by atoms with Crippen molar-refractivity contribution in [1.29, 1.82) is 0 Å². The average Bonchev–Trinajstić information content (AvgIpc) is 2.95. The van der Waals surface area contributed by atoms with Crippen molar-refractivity contribution in [2.24, 2.45) is 9.98 Å². The highest BCUT2D eigenvalue weighted by molar-refractivity contribution is 7.44. The van der Waals surface area contributed by atoms with Crippen molar-refractivity contribution in [1.82, 2.24) is 0 Å². The van der Waals surface area contributed by atoms with Crippen LogP contribution in [-0.4, -0.2) is 53.7 Å². The lowest BCUT2D eigenvalue weighted by Gasteiger charge is -2.19. The summed E-state index contributed by atoms with van der Waals surface area (Å²) in [6.45, 7) is 2.09. The fourth-order valence-corrected chi connectivity index (χ4v) is 4.22. The van der Waals surface area contributed by atoms with E-state index in [9.17, 15) is 4.79 Å². The largest absolute Gasteiger partial charge is 0.361 e. The van der Waals surface area contributed by atoms with Crippen LogP contribution in [0.1, 0.15) is 11.1 Å². The minimum atomic E-state index is -0.254. The Bertz CT molecular complexity index is 1140. The summed E-state index contributed by atoms with van der Waals surface area (Å²) in [5.74, 6) is 0.398. The molecule has 0 saturated carbocycles. The van der Waals surface area contributed by atoms with E-state index in [0.717, 1.165) is 22.5 Å². The number of morpholine rings is 1. The van der Waals surface area contributed by atoms with Crippen LogP contribution in [-0.2, 0) is 22.0 Å². The van der Waals surface area contributed by atoms with E-state index in [1.54, 1.807) is 21.0 Å². The maximum atomic E-state index is 13.3. The second-order valence-corrected chi connectivity index (χ2v) is 8.16. The van der Waals surface area contributed by atoms with Gasteiger partial charge in [-0.3, -0.25) is 14.7 Å². The maximum Gasteiger partial charge on any atom is 0.282 e. The van der Waals surface area contributed by atoms with Crippen LogP contribution in [0.5, 0.6) is 0 Å². The topological polar surface area (TPSA) is 57.3 Å². The Morgan fingerprint density at radius 3 is 2.87 bits per heavy atom. The first-order chi connectivity index (χ1) is 14.6. The van der Waals surface area contributed by atoms with Crippen LogP contribution in [0.2, 0.25) is 5.02 Å². The zero-order valence-corrected chi connectivity index (χ0v) is 17.6. The van der Waals surface area contributed by atoms with Crippen LogP contribution in [0.25, 0.3) is 0 Å². The molecule has 1 fully saturated rings. The third-order valence-corrected chi connectivity index (χ3v) is 5.78. The molecule has 150 valence electrons. The van der Waals surface area contributed by atoms with E-state index in [-0.39, 0.29) is 18.6 Å². The van der Waals surface area contributed by atoms with Crippen molar-refractivity contribution in [2.75, 3.05) is 31.1 Å². The van der Waals surface area contributed by atoms with Gasteiger partial charge in [0.15, 0.2) is 13.1 Å². The zero-order valence-electron chi connectivity index (χ0n) is 16.0. The first-order valence-corrected chi connectivity index (χ1v) is 10.4. The highest BCUT2D eigenvalue weighted by Gasteiger charge is 2.36. The van der Waals surface area contributed by atoms with Gasteiger partial charge in [-0.2, -0.15) is 3.95 Å². The Hall–Kier alpha value is -2.74. The molecule has 5 rings (SSSR count). The van der Waals surface area contributed by atoms with Gasteiger partial charge in [-0.15, -0.1) is 0 Å². The van der Waals surface area contributed by atoms with Gasteiger partial charge in [0.25, 0.3) is 18.3 Å². The molecular formula is C22H18ClN4O2S+. The molecule has 8 heteroatoms. The van der Waals surface area contributed by atoms with Crippen molar-refractivity contribution in [2.45, 2.75) is 6.10 Å². The molecule has 6 nitrogen and oxygen atoms in total. The summed E-state index contributed by atoms with van der Waals surface area (Å²) in [4.78, 5) is 24.3. The summed E-state index contributed by atoms with van der Waals surface area (Å²) in [7, 11) is 0. The molecule has 1 saturated heterocycles. The number of hydrogen-bond acceptors (Lipinski definition) is 5. The van der Waals surface area contributed by atoms with Gasteiger partial charge in [-0.25, -0.2) is 4.99 Å². The molecule has 2 aromatic rings. The molecule has 3 heterocycles. The number of anilines is 1. The summed E-state index contributed by atoms with van der Waals surface area (Å²) in [5.41, 5.74) is 3.65. The second-order valence-electron chi connectivity index (χ2n) is 7.21. The normalized spacial score (nSPS) is 22.4. The van der Waals surface area contributed by atoms with E-state index in [1.165, 1.54) is 0 Å². The van der Waals surface area contributed by atoms with Crippen molar-refractivity contribution in [3.8, 4) is 0 Å². The van der Waals surface area contributed by atoms with E-state index in [0.29, 0.717) is 36.3 Å². The predicted molar refractivity (Wildman–Crippen MR) is 119 cm³/mol. The highest BCUT2D eigenvalue weighted by atomic mass is 35.5. The quantitative estimate of drug-likeness (QED) is 0.536. The standard InChI is InChI=1S/C22H18ClN4O2S/c23-15-6-7-19-17(10-15)21(14-4-2-1-3-5-14)24-12-20-25-18(22(28)27(19)20)11-16-13-26(30)8-9-29-16/h1-7,10-11,16H,8-9,12-13H2/q+1/b18-11+. The Kier molecular flexibility index (Phi) is 5.02. The van der Waals surface area contributed by atoms with Gasteiger partial charge in [-0.05, 0) is 24.3 Å². The van der Waals surface area contributed by atoms with Gasteiger partial charge in [0.05, 0.1) is 17.9 Å². The summed E-state index contributed by atoms with van der Waals surface area (Å²) in [5, 5.41) is 0.585. The summed E-state index contributed by atoms with van der Waals surface area (Å²) >= 11 is 11.5.